The number of ether oxygens (including phenoxy) is 4. The van der Waals surface area contributed by atoms with Gasteiger partial charge in [0.25, 0.3) is 0 Å². The van der Waals surface area contributed by atoms with Crippen LogP contribution in [-0.4, -0.2) is 104 Å². The minimum atomic E-state index is 0.194. The second-order valence-corrected chi connectivity index (χ2v) is 12.7. The average molecular weight is 635 g/mol. The maximum Gasteiger partial charge on any atom is 0.123 e. The van der Waals surface area contributed by atoms with E-state index in [9.17, 15) is 15.3 Å². The van der Waals surface area contributed by atoms with Crippen molar-refractivity contribution in [3.8, 4) is 17.2 Å². The summed E-state index contributed by atoms with van der Waals surface area (Å²) in [6.45, 7) is 14.0. The largest absolute Gasteiger partial charge is 0.507 e. The molecule has 1 fully saturated rings. The van der Waals surface area contributed by atoms with Crippen LogP contribution >= 0.6 is 0 Å². The number of hydrogen-bond acceptors (Lipinski definition) is 9. The third-order valence-corrected chi connectivity index (χ3v) is 8.74. The lowest BCUT2D eigenvalue weighted by molar-refractivity contribution is 0.00611. The lowest BCUT2D eigenvalue weighted by Gasteiger charge is -2.25. The third kappa shape index (κ3) is 9.44. The van der Waals surface area contributed by atoms with E-state index in [2.05, 4.69) is 9.80 Å². The van der Waals surface area contributed by atoms with E-state index < -0.39 is 0 Å². The summed E-state index contributed by atoms with van der Waals surface area (Å²) in [6.07, 6.45) is 0.764. The second kappa shape index (κ2) is 16.6. The Bertz CT molecular complexity index is 1340. The number of aromatic hydroxyl groups is 3. The van der Waals surface area contributed by atoms with Crippen molar-refractivity contribution < 1.29 is 34.3 Å². The van der Waals surface area contributed by atoms with Gasteiger partial charge in [-0.05, 0) is 43.0 Å². The Balaban J connectivity index is 1.56. The second-order valence-electron chi connectivity index (χ2n) is 12.7. The number of hydrogen-bond donors (Lipinski definition) is 3. The Morgan fingerprint density at radius 1 is 0.413 bits per heavy atom. The van der Waals surface area contributed by atoms with Crippen LogP contribution in [0.2, 0.25) is 0 Å². The molecule has 8 bridgehead atoms. The summed E-state index contributed by atoms with van der Waals surface area (Å²) in [6, 6.07) is 12.0. The predicted octanol–water partition coefficient (Wildman–Crippen LogP) is 4.61. The predicted molar refractivity (Wildman–Crippen MR) is 178 cm³/mol. The summed E-state index contributed by atoms with van der Waals surface area (Å²) in [5, 5.41) is 34.6. The summed E-state index contributed by atoms with van der Waals surface area (Å²) in [4.78, 5) is 4.47. The first-order valence-electron chi connectivity index (χ1n) is 16.5. The Morgan fingerprint density at radius 3 is 0.978 bits per heavy atom. The monoisotopic (exact) mass is 634 g/mol. The molecule has 9 nitrogen and oxygen atoms in total. The van der Waals surface area contributed by atoms with Crippen molar-refractivity contribution in [2.45, 2.75) is 46.7 Å². The molecule has 3 N–H and O–H groups in total. The average Bonchev–Trinajstić information content (AvgIpc) is 3.01. The molecule has 0 aromatic heterocycles. The molecular weight excluding hydrogens is 584 g/mol. The van der Waals surface area contributed by atoms with Gasteiger partial charge in [-0.25, -0.2) is 0 Å². The highest BCUT2D eigenvalue weighted by atomic mass is 16.5. The zero-order valence-electron chi connectivity index (χ0n) is 27.6. The molecule has 0 spiro atoms. The Morgan fingerprint density at radius 2 is 0.674 bits per heavy atom. The van der Waals surface area contributed by atoms with E-state index >= 15 is 0 Å². The number of phenolic OH excluding ortho intramolecular Hbond substituents is 3. The number of benzene rings is 3. The van der Waals surface area contributed by atoms with Crippen molar-refractivity contribution in [3.63, 3.8) is 0 Å². The number of rotatable bonds is 0. The van der Waals surface area contributed by atoms with Crippen LogP contribution in [-0.2, 0) is 44.9 Å². The lowest BCUT2D eigenvalue weighted by atomic mass is 9.92. The number of phenols is 3. The summed E-state index contributed by atoms with van der Waals surface area (Å²) >= 11 is 0. The molecule has 3 heterocycles. The number of aryl methyl sites for hydroxylation is 3. The summed E-state index contributed by atoms with van der Waals surface area (Å²) in [5.41, 5.74) is 7.77. The maximum atomic E-state index is 11.6. The van der Waals surface area contributed by atoms with Gasteiger partial charge in [0.2, 0.25) is 0 Å². The molecule has 3 aliphatic rings. The van der Waals surface area contributed by atoms with Gasteiger partial charge in [0.05, 0.1) is 52.9 Å². The minimum Gasteiger partial charge on any atom is -0.507 e. The van der Waals surface area contributed by atoms with Crippen LogP contribution in [0.4, 0.5) is 0 Å². The summed E-state index contributed by atoms with van der Waals surface area (Å²) in [7, 11) is 0. The van der Waals surface area contributed by atoms with Crippen LogP contribution in [0.25, 0.3) is 0 Å². The van der Waals surface area contributed by atoms with Gasteiger partial charge in [-0.1, -0.05) is 53.1 Å². The molecular formula is C37H50N2O7. The highest BCUT2D eigenvalue weighted by molar-refractivity contribution is 5.53. The van der Waals surface area contributed by atoms with Crippen molar-refractivity contribution in [1.82, 2.24) is 9.80 Å². The van der Waals surface area contributed by atoms with Crippen molar-refractivity contribution in [1.29, 1.82) is 0 Å². The van der Waals surface area contributed by atoms with Gasteiger partial charge < -0.3 is 34.3 Å². The van der Waals surface area contributed by atoms with E-state index in [0.29, 0.717) is 105 Å². The van der Waals surface area contributed by atoms with Gasteiger partial charge in [0.15, 0.2) is 0 Å². The van der Waals surface area contributed by atoms with Crippen molar-refractivity contribution in [3.05, 3.63) is 86.5 Å². The van der Waals surface area contributed by atoms with E-state index in [1.54, 1.807) is 0 Å². The quantitative estimate of drug-likeness (QED) is 0.327. The van der Waals surface area contributed by atoms with E-state index in [1.165, 1.54) is 0 Å². The van der Waals surface area contributed by atoms with E-state index in [4.69, 9.17) is 18.9 Å². The smallest absolute Gasteiger partial charge is 0.123 e. The minimum absolute atomic E-state index is 0.194. The standard InChI is InChI=1S/C37H50N2O7/c1-26-16-29-22-31-18-27(2)20-33(36(31)41)24-38-4-8-43-12-14-45-10-6-39(7-11-46-15-13-44-9-5-38)25-34-21-28(3)19-32(37(34)42)23-30(17-26)35(29)40/h16-21,40-42H,4-15,22-25H2,1-3H3. The molecule has 1 saturated heterocycles. The first kappa shape index (κ1) is 34.2. The van der Waals surface area contributed by atoms with Crippen LogP contribution in [0.1, 0.15) is 50.1 Å². The molecule has 0 aliphatic carbocycles. The zero-order valence-corrected chi connectivity index (χ0v) is 27.6. The fourth-order valence-electron chi connectivity index (χ4n) is 6.43. The lowest BCUT2D eigenvalue weighted by Crippen LogP contribution is -2.33. The Hall–Kier alpha value is -3.18. The Labute approximate surface area is 273 Å². The summed E-state index contributed by atoms with van der Waals surface area (Å²) in [5.74, 6) is 0.673. The van der Waals surface area contributed by atoms with Crippen LogP contribution in [0.3, 0.4) is 0 Å². The van der Waals surface area contributed by atoms with Crippen LogP contribution in [0.15, 0.2) is 36.4 Å². The number of fused-ring (bicyclic) bond motifs is 14. The molecule has 0 unspecified atom stereocenters. The molecule has 3 aromatic carbocycles. The van der Waals surface area contributed by atoms with Gasteiger partial charge in [-0.2, -0.15) is 0 Å². The maximum absolute atomic E-state index is 11.6. The third-order valence-electron chi connectivity index (χ3n) is 8.74. The topological polar surface area (TPSA) is 104 Å². The molecule has 3 aliphatic heterocycles. The molecule has 6 rings (SSSR count). The SMILES string of the molecule is Cc1cc2c(O)c(c1)Cc1cc(C)cc(c1O)CN1CCOCCOCCN(CCOCCOCC1)Cc1cc(C)cc(c1O)C2. The van der Waals surface area contributed by atoms with Gasteiger partial charge in [-0.3, -0.25) is 9.80 Å². The first-order chi connectivity index (χ1) is 22.3. The zero-order chi connectivity index (χ0) is 32.5. The summed E-state index contributed by atoms with van der Waals surface area (Å²) < 4.78 is 23.7. The van der Waals surface area contributed by atoms with Crippen molar-refractivity contribution >= 4 is 0 Å². The van der Waals surface area contributed by atoms with Gasteiger partial charge in [0.1, 0.15) is 17.2 Å². The molecule has 3 aromatic rings. The van der Waals surface area contributed by atoms with Gasteiger partial charge in [-0.15, -0.1) is 0 Å². The molecule has 0 amide bonds. The van der Waals surface area contributed by atoms with Gasteiger partial charge >= 0.3 is 0 Å². The molecule has 9 heteroatoms. The molecule has 250 valence electrons. The molecule has 46 heavy (non-hydrogen) atoms. The fourth-order valence-corrected chi connectivity index (χ4v) is 6.43. The van der Waals surface area contributed by atoms with Crippen molar-refractivity contribution in [2.75, 3.05) is 79.0 Å². The van der Waals surface area contributed by atoms with Crippen LogP contribution in [0.5, 0.6) is 17.2 Å². The van der Waals surface area contributed by atoms with Crippen LogP contribution < -0.4 is 0 Å². The fraction of sp³-hybridized carbons (Fsp3) is 0.514. The van der Waals surface area contributed by atoms with Gasteiger partial charge in [0, 0.05) is 63.2 Å². The molecule has 0 atom stereocenters. The van der Waals surface area contributed by atoms with E-state index in [-0.39, 0.29) is 17.2 Å². The highest BCUT2D eigenvalue weighted by Crippen LogP contribution is 2.35. The van der Waals surface area contributed by atoms with E-state index in [0.717, 1.165) is 50.1 Å². The molecule has 0 radical (unpaired) electrons. The first-order valence-corrected chi connectivity index (χ1v) is 16.5. The number of nitrogens with zero attached hydrogens (tertiary/aromatic N) is 2. The molecule has 0 saturated carbocycles. The highest BCUT2D eigenvalue weighted by Gasteiger charge is 2.19. The Kier molecular flexibility index (Phi) is 12.3. The van der Waals surface area contributed by atoms with Crippen molar-refractivity contribution in [2.24, 2.45) is 0 Å². The van der Waals surface area contributed by atoms with Crippen LogP contribution in [0, 0.1) is 20.8 Å². The normalized spacial score (nSPS) is 21.2. The van der Waals surface area contributed by atoms with E-state index in [1.807, 2.05) is 57.2 Å².